The molecule has 33 heavy (non-hydrogen) atoms. The quantitative estimate of drug-likeness (QED) is 0.293. The van der Waals surface area contributed by atoms with E-state index in [2.05, 4.69) is 10.1 Å². The second-order valence-electron chi connectivity index (χ2n) is 7.51. The van der Waals surface area contributed by atoms with Gasteiger partial charge in [-0.05, 0) is 43.5 Å². The highest BCUT2D eigenvalue weighted by atomic mass is 32.2. The molecule has 0 radical (unpaired) electrons. The maximum atomic E-state index is 12.6. The van der Waals surface area contributed by atoms with Gasteiger partial charge in [0.2, 0.25) is 5.91 Å². The molecule has 2 rings (SSSR count). The molecule has 1 N–H and O–H groups in total. The third kappa shape index (κ3) is 7.81. The van der Waals surface area contributed by atoms with E-state index >= 15 is 0 Å². The second kappa shape index (κ2) is 12.9. The van der Waals surface area contributed by atoms with Gasteiger partial charge in [0.1, 0.15) is 11.8 Å². The molecule has 0 saturated carbocycles. The number of nitrogens with one attached hydrogen (secondary N) is 1. The van der Waals surface area contributed by atoms with Gasteiger partial charge in [0.05, 0.1) is 37.2 Å². The monoisotopic (exact) mass is 478 g/mol. The molecule has 0 bridgehead atoms. The zero-order chi connectivity index (χ0) is 24.4. The fourth-order valence-corrected chi connectivity index (χ4v) is 3.96. The Labute approximate surface area is 197 Å². The maximum absolute atomic E-state index is 12.6. The van der Waals surface area contributed by atoms with E-state index in [9.17, 15) is 19.2 Å². The van der Waals surface area contributed by atoms with Crippen molar-refractivity contribution in [3.05, 3.63) is 40.9 Å². The van der Waals surface area contributed by atoms with Crippen molar-refractivity contribution in [1.29, 1.82) is 0 Å². The van der Waals surface area contributed by atoms with E-state index in [1.165, 1.54) is 29.8 Å². The van der Waals surface area contributed by atoms with Gasteiger partial charge in [-0.15, -0.1) is 0 Å². The molecule has 1 heterocycles. The molecule has 1 atom stereocenters. The van der Waals surface area contributed by atoms with Crippen LogP contribution >= 0.6 is 11.8 Å². The molecule has 1 saturated heterocycles. The predicted molar refractivity (Wildman–Crippen MR) is 124 cm³/mol. The Balaban J connectivity index is 1.87. The standard InChI is InChI=1S/C23H30N2O7S/c1-5-31-17-9-7-16(8-10-17)22(28)24-21(15(2)3)23(29)32-12-6-11-25-18(26)14-33-19(25)13-20(27)30-4/h7-10,13,15,21H,5-6,11-12,14H2,1-4H3,(H,24,28)/b19-13-/t21-/m0/s1. The summed E-state index contributed by atoms with van der Waals surface area (Å²) in [6, 6.07) is 5.84. The largest absolute Gasteiger partial charge is 0.494 e. The van der Waals surface area contributed by atoms with Crippen molar-refractivity contribution in [3.63, 3.8) is 0 Å². The number of methoxy groups -OCH3 is 1. The Hall–Kier alpha value is -3.01. The number of hydrogen-bond donors (Lipinski definition) is 1. The van der Waals surface area contributed by atoms with Gasteiger partial charge in [-0.1, -0.05) is 25.6 Å². The van der Waals surface area contributed by atoms with E-state index in [-0.39, 0.29) is 30.1 Å². The van der Waals surface area contributed by atoms with Gasteiger partial charge in [-0.3, -0.25) is 9.59 Å². The van der Waals surface area contributed by atoms with E-state index < -0.39 is 18.0 Å². The molecular formula is C23H30N2O7S. The molecule has 1 aliphatic heterocycles. The van der Waals surface area contributed by atoms with Crippen molar-refractivity contribution >= 4 is 35.5 Å². The molecule has 10 heteroatoms. The van der Waals surface area contributed by atoms with Crippen LogP contribution < -0.4 is 10.1 Å². The van der Waals surface area contributed by atoms with Crippen molar-refractivity contribution in [2.45, 2.75) is 33.2 Å². The van der Waals surface area contributed by atoms with Crippen molar-refractivity contribution in [1.82, 2.24) is 10.2 Å². The van der Waals surface area contributed by atoms with Crippen molar-refractivity contribution < 1.29 is 33.4 Å². The maximum Gasteiger partial charge on any atom is 0.333 e. The highest BCUT2D eigenvalue weighted by molar-refractivity contribution is 8.04. The summed E-state index contributed by atoms with van der Waals surface area (Å²) >= 11 is 1.26. The van der Waals surface area contributed by atoms with Crippen LogP contribution in [0.25, 0.3) is 0 Å². The fraction of sp³-hybridized carbons (Fsp3) is 0.478. The van der Waals surface area contributed by atoms with Crippen LogP contribution in [0.4, 0.5) is 0 Å². The number of esters is 2. The summed E-state index contributed by atoms with van der Waals surface area (Å²) in [5, 5.41) is 3.24. The smallest absolute Gasteiger partial charge is 0.333 e. The van der Waals surface area contributed by atoms with E-state index in [4.69, 9.17) is 9.47 Å². The Morgan fingerprint density at radius 3 is 2.52 bits per heavy atom. The number of carbonyl (C=O) groups is 4. The summed E-state index contributed by atoms with van der Waals surface area (Å²) in [6.45, 7) is 6.40. The van der Waals surface area contributed by atoms with E-state index in [0.717, 1.165) is 0 Å². The first-order valence-electron chi connectivity index (χ1n) is 10.7. The summed E-state index contributed by atoms with van der Waals surface area (Å²) in [6.07, 6.45) is 1.65. The SMILES string of the molecule is CCOc1ccc(C(=O)N[C@H](C(=O)OCCCN2C(=O)CS/C2=C\C(=O)OC)C(C)C)cc1. The first-order valence-corrected chi connectivity index (χ1v) is 11.7. The van der Waals surface area contributed by atoms with Crippen LogP contribution in [-0.2, 0) is 23.9 Å². The molecule has 0 aliphatic carbocycles. The molecule has 1 aromatic carbocycles. The number of benzene rings is 1. The zero-order valence-electron chi connectivity index (χ0n) is 19.3. The minimum atomic E-state index is -0.817. The average molecular weight is 479 g/mol. The first kappa shape index (κ1) is 26.2. The topological polar surface area (TPSA) is 111 Å². The van der Waals surface area contributed by atoms with Gasteiger partial charge in [0, 0.05) is 12.1 Å². The third-order valence-electron chi connectivity index (χ3n) is 4.76. The zero-order valence-corrected chi connectivity index (χ0v) is 20.1. The van der Waals surface area contributed by atoms with Gasteiger partial charge >= 0.3 is 11.9 Å². The van der Waals surface area contributed by atoms with Gasteiger partial charge in [-0.25, -0.2) is 9.59 Å². The van der Waals surface area contributed by atoms with Crippen LogP contribution in [0.2, 0.25) is 0 Å². The fourth-order valence-electron chi connectivity index (χ4n) is 3.01. The van der Waals surface area contributed by atoms with Gasteiger partial charge in [0.15, 0.2) is 0 Å². The average Bonchev–Trinajstić information content (AvgIpc) is 3.13. The molecule has 1 aliphatic rings. The number of rotatable bonds is 11. The van der Waals surface area contributed by atoms with E-state index in [0.29, 0.717) is 35.9 Å². The normalized spacial score (nSPS) is 15.5. The predicted octanol–water partition coefficient (Wildman–Crippen LogP) is 2.36. The summed E-state index contributed by atoms with van der Waals surface area (Å²) in [5.41, 5.74) is 0.409. The molecule has 2 amide bonds. The Morgan fingerprint density at radius 2 is 1.91 bits per heavy atom. The highest BCUT2D eigenvalue weighted by Gasteiger charge is 2.28. The molecule has 180 valence electrons. The van der Waals surface area contributed by atoms with E-state index in [1.807, 2.05) is 20.8 Å². The lowest BCUT2D eigenvalue weighted by Crippen LogP contribution is -2.45. The van der Waals surface area contributed by atoms with Crippen LogP contribution in [0.5, 0.6) is 5.75 Å². The number of nitrogens with zero attached hydrogens (tertiary/aromatic N) is 1. The lowest BCUT2D eigenvalue weighted by Gasteiger charge is -2.21. The Kier molecular flexibility index (Phi) is 10.2. The van der Waals surface area contributed by atoms with Crippen molar-refractivity contribution in [2.24, 2.45) is 5.92 Å². The first-order chi connectivity index (χ1) is 15.8. The molecule has 0 spiro atoms. The second-order valence-corrected chi connectivity index (χ2v) is 8.51. The lowest BCUT2D eigenvalue weighted by atomic mass is 10.0. The van der Waals surface area contributed by atoms with Gasteiger partial charge in [0.25, 0.3) is 5.91 Å². The van der Waals surface area contributed by atoms with Crippen molar-refractivity contribution in [2.75, 3.05) is 32.6 Å². The number of carbonyl (C=O) groups excluding carboxylic acids is 4. The van der Waals surface area contributed by atoms with Gasteiger partial charge in [-0.2, -0.15) is 0 Å². The number of thioether (sulfide) groups is 1. The Morgan fingerprint density at radius 1 is 1.21 bits per heavy atom. The van der Waals surface area contributed by atoms with Crippen LogP contribution in [0, 0.1) is 5.92 Å². The summed E-state index contributed by atoms with van der Waals surface area (Å²) in [7, 11) is 1.27. The minimum Gasteiger partial charge on any atom is -0.494 e. The number of hydrogen-bond acceptors (Lipinski definition) is 8. The number of ether oxygens (including phenoxy) is 3. The molecule has 9 nitrogen and oxygen atoms in total. The van der Waals surface area contributed by atoms with Crippen molar-refractivity contribution in [3.8, 4) is 5.75 Å². The van der Waals surface area contributed by atoms with Crippen LogP contribution in [0.1, 0.15) is 37.6 Å². The number of amides is 2. The Bertz CT molecular complexity index is 883. The lowest BCUT2D eigenvalue weighted by molar-refractivity contribution is -0.147. The summed E-state index contributed by atoms with van der Waals surface area (Å²) in [4.78, 5) is 50.1. The van der Waals surface area contributed by atoms with Crippen LogP contribution in [-0.4, -0.2) is 67.3 Å². The molecule has 0 unspecified atom stereocenters. The highest BCUT2D eigenvalue weighted by Crippen LogP contribution is 2.28. The minimum absolute atomic E-state index is 0.0704. The molecule has 0 aromatic heterocycles. The van der Waals surface area contributed by atoms with E-state index in [1.54, 1.807) is 24.3 Å². The van der Waals surface area contributed by atoms with Gasteiger partial charge < -0.3 is 24.4 Å². The molecule has 1 aromatic rings. The summed E-state index contributed by atoms with van der Waals surface area (Å²) in [5.74, 6) is -0.863. The van der Waals surface area contributed by atoms with Crippen LogP contribution in [0.3, 0.4) is 0 Å². The third-order valence-corrected chi connectivity index (χ3v) is 5.78. The summed E-state index contributed by atoms with van der Waals surface area (Å²) < 4.78 is 15.3. The molecule has 1 fully saturated rings. The van der Waals surface area contributed by atoms with Crippen LogP contribution in [0.15, 0.2) is 35.4 Å². The molecular weight excluding hydrogens is 448 g/mol.